The van der Waals surface area contributed by atoms with E-state index < -0.39 is 9.84 Å². The zero-order chi connectivity index (χ0) is 23.2. The summed E-state index contributed by atoms with van der Waals surface area (Å²) in [6.07, 6.45) is -0.156. The van der Waals surface area contributed by atoms with Crippen molar-refractivity contribution >= 4 is 15.7 Å². The van der Waals surface area contributed by atoms with Crippen molar-refractivity contribution in [2.75, 3.05) is 31.2 Å². The third-order valence-corrected chi connectivity index (χ3v) is 7.39. The number of aryl methyl sites for hydroxylation is 1. The molecule has 33 heavy (non-hydrogen) atoms. The molecule has 2 atom stereocenters. The molecule has 1 saturated heterocycles. The van der Waals surface area contributed by atoms with Crippen LogP contribution in [0, 0.1) is 6.92 Å². The Kier molecular flexibility index (Phi) is 5.54. The van der Waals surface area contributed by atoms with E-state index in [2.05, 4.69) is 4.98 Å². The second-order valence-corrected chi connectivity index (χ2v) is 10.3. The Morgan fingerprint density at radius 2 is 1.67 bits per heavy atom. The Bertz CT molecular complexity index is 1280. The van der Waals surface area contributed by atoms with Crippen molar-refractivity contribution < 1.29 is 27.0 Å². The SMILES string of the molecule is Cc1ccccc1-c1nc(S(=O)(=O)c2ccc3c(c2)OCCO3)c(N2CC(C)OC(C)C2)o1. The molecular formula is C24H26N2O6S. The van der Waals surface area contributed by atoms with Crippen LogP contribution in [-0.2, 0) is 14.6 Å². The number of sulfone groups is 1. The van der Waals surface area contributed by atoms with Crippen molar-refractivity contribution in [1.29, 1.82) is 0 Å². The van der Waals surface area contributed by atoms with Crippen LogP contribution in [0.3, 0.4) is 0 Å². The van der Waals surface area contributed by atoms with Gasteiger partial charge in [0.05, 0.1) is 17.1 Å². The lowest BCUT2D eigenvalue weighted by molar-refractivity contribution is -0.00657. The molecule has 5 rings (SSSR count). The third-order valence-electron chi connectivity index (χ3n) is 5.74. The summed E-state index contributed by atoms with van der Waals surface area (Å²) in [4.78, 5) is 6.49. The van der Waals surface area contributed by atoms with Gasteiger partial charge in [0.1, 0.15) is 13.2 Å². The van der Waals surface area contributed by atoms with Crippen molar-refractivity contribution in [1.82, 2.24) is 4.98 Å². The van der Waals surface area contributed by atoms with Gasteiger partial charge in [-0.05, 0) is 44.5 Å². The Hall–Kier alpha value is -3.04. The number of ether oxygens (including phenoxy) is 3. The Morgan fingerprint density at radius 1 is 0.970 bits per heavy atom. The second-order valence-electron chi connectivity index (χ2n) is 8.42. The van der Waals surface area contributed by atoms with Gasteiger partial charge in [0.25, 0.3) is 0 Å². The summed E-state index contributed by atoms with van der Waals surface area (Å²) in [7, 11) is -4.01. The maximum atomic E-state index is 13.8. The van der Waals surface area contributed by atoms with Crippen LogP contribution in [0.1, 0.15) is 19.4 Å². The van der Waals surface area contributed by atoms with E-state index in [-0.39, 0.29) is 33.9 Å². The molecule has 0 aliphatic carbocycles. The van der Waals surface area contributed by atoms with Crippen LogP contribution >= 0.6 is 0 Å². The Labute approximate surface area is 193 Å². The predicted molar refractivity (Wildman–Crippen MR) is 122 cm³/mol. The summed E-state index contributed by atoms with van der Waals surface area (Å²) < 4.78 is 50.7. The number of hydrogen-bond donors (Lipinski definition) is 0. The lowest BCUT2D eigenvalue weighted by Gasteiger charge is -2.35. The Balaban J connectivity index is 1.64. The highest BCUT2D eigenvalue weighted by Gasteiger charge is 2.35. The fourth-order valence-corrected chi connectivity index (χ4v) is 5.58. The maximum absolute atomic E-state index is 13.8. The number of anilines is 1. The molecule has 0 radical (unpaired) electrons. The second kappa shape index (κ2) is 8.39. The van der Waals surface area contributed by atoms with Crippen LogP contribution in [0.15, 0.2) is 56.8 Å². The minimum Gasteiger partial charge on any atom is -0.486 e. The summed E-state index contributed by atoms with van der Waals surface area (Å²) in [5, 5.41) is -0.112. The smallest absolute Gasteiger partial charge is 0.236 e. The predicted octanol–water partition coefficient (Wildman–Crippen LogP) is 3.87. The van der Waals surface area contributed by atoms with Gasteiger partial charge in [-0.25, -0.2) is 8.42 Å². The molecule has 0 spiro atoms. The van der Waals surface area contributed by atoms with Crippen molar-refractivity contribution in [3.63, 3.8) is 0 Å². The number of fused-ring (bicyclic) bond motifs is 1. The first-order chi connectivity index (χ1) is 15.8. The minimum atomic E-state index is -4.01. The van der Waals surface area contributed by atoms with Gasteiger partial charge in [-0.15, -0.1) is 0 Å². The molecule has 174 valence electrons. The molecule has 0 amide bonds. The van der Waals surface area contributed by atoms with E-state index in [0.717, 1.165) is 11.1 Å². The largest absolute Gasteiger partial charge is 0.486 e. The molecule has 1 fully saturated rings. The van der Waals surface area contributed by atoms with Crippen molar-refractivity contribution in [2.24, 2.45) is 0 Å². The van der Waals surface area contributed by atoms with Crippen molar-refractivity contribution in [3.05, 3.63) is 48.0 Å². The van der Waals surface area contributed by atoms with E-state index in [1.807, 2.05) is 49.9 Å². The zero-order valence-electron chi connectivity index (χ0n) is 18.8. The van der Waals surface area contributed by atoms with Crippen LogP contribution in [0.5, 0.6) is 11.5 Å². The molecule has 8 nitrogen and oxygen atoms in total. The van der Waals surface area contributed by atoms with E-state index >= 15 is 0 Å². The Morgan fingerprint density at radius 3 is 2.39 bits per heavy atom. The summed E-state index contributed by atoms with van der Waals surface area (Å²) in [5.41, 5.74) is 1.69. The first kappa shape index (κ1) is 21.8. The fourth-order valence-electron chi connectivity index (χ4n) is 4.25. The number of hydrogen-bond acceptors (Lipinski definition) is 8. The van der Waals surface area contributed by atoms with Crippen LogP contribution in [0.4, 0.5) is 5.88 Å². The molecular weight excluding hydrogens is 444 g/mol. The standard InChI is InChI=1S/C24H26N2O6S/c1-15-6-4-5-7-19(15)22-25-23(24(32-22)26-13-16(2)31-17(3)14-26)33(27,28)18-8-9-20-21(12-18)30-11-10-29-20/h4-9,12,16-17H,10-11,13-14H2,1-3H3. The minimum absolute atomic E-state index is 0.0759. The van der Waals surface area contributed by atoms with Crippen molar-refractivity contribution in [3.8, 4) is 23.0 Å². The van der Waals surface area contributed by atoms with Gasteiger partial charge >= 0.3 is 0 Å². The fraction of sp³-hybridized carbons (Fsp3) is 0.375. The van der Waals surface area contributed by atoms with Crippen molar-refractivity contribution in [2.45, 2.75) is 42.9 Å². The maximum Gasteiger partial charge on any atom is 0.236 e. The molecule has 0 N–H and O–H groups in total. The third kappa shape index (κ3) is 4.06. The monoisotopic (exact) mass is 470 g/mol. The van der Waals surface area contributed by atoms with E-state index in [1.165, 1.54) is 12.1 Å². The molecule has 9 heteroatoms. The van der Waals surface area contributed by atoms with Gasteiger partial charge < -0.3 is 23.5 Å². The molecule has 2 aliphatic heterocycles. The van der Waals surface area contributed by atoms with E-state index in [4.69, 9.17) is 18.6 Å². The van der Waals surface area contributed by atoms with Crippen LogP contribution in [0.2, 0.25) is 0 Å². The van der Waals surface area contributed by atoms with E-state index in [0.29, 0.717) is 37.8 Å². The first-order valence-electron chi connectivity index (χ1n) is 10.9. The molecule has 2 aromatic carbocycles. The van der Waals surface area contributed by atoms with Gasteiger partial charge in [-0.1, -0.05) is 18.2 Å². The quantitative estimate of drug-likeness (QED) is 0.568. The first-order valence-corrected chi connectivity index (χ1v) is 12.4. The van der Waals surface area contributed by atoms with E-state index in [9.17, 15) is 8.42 Å². The number of aromatic nitrogens is 1. The lowest BCUT2D eigenvalue weighted by Crippen LogP contribution is -2.45. The number of benzene rings is 2. The van der Waals surface area contributed by atoms with Gasteiger partial charge in [0.15, 0.2) is 11.5 Å². The van der Waals surface area contributed by atoms with Crippen LogP contribution in [-0.4, -0.2) is 51.9 Å². The number of nitrogens with zero attached hydrogens (tertiary/aromatic N) is 2. The number of oxazole rings is 1. The van der Waals surface area contributed by atoms with Gasteiger partial charge in [0.2, 0.25) is 26.6 Å². The molecule has 0 saturated carbocycles. The molecule has 2 unspecified atom stereocenters. The van der Waals surface area contributed by atoms with Gasteiger partial charge in [-0.2, -0.15) is 4.98 Å². The number of rotatable bonds is 4. The summed E-state index contributed by atoms with van der Waals surface area (Å²) in [6, 6.07) is 12.2. The normalized spacial score (nSPS) is 20.6. The van der Waals surface area contributed by atoms with Gasteiger partial charge in [-0.3, -0.25) is 0 Å². The average Bonchev–Trinajstić information content (AvgIpc) is 3.25. The lowest BCUT2D eigenvalue weighted by atomic mass is 10.1. The highest BCUT2D eigenvalue weighted by Crippen LogP contribution is 2.39. The van der Waals surface area contributed by atoms with Crippen LogP contribution < -0.4 is 14.4 Å². The summed E-state index contributed by atoms with van der Waals surface area (Å²) in [5.74, 6) is 1.42. The highest BCUT2D eigenvalue weighted by atomic mass is 32.2. The molecule has 0 bridgehead atoms. The molecule has 1 aromatic heterocycles. The average molecular weight is 471 g/mol. The zero-order valence-corrected chi connectivity index (χ0v) is 19.6. The van der Waals surface area contributed by atoms with E-state index in [1.54, 1.807) is 6.07 Å². The molecule has 3 heterocycles. The molecule has 2 aliphatic rings. The topological polar surface area (TPSA) is 91.1 Å². The summed E-state index contributed by atoms with van der Waals surface area (Å²) in [6.45, 7) is 7.64. The van der Waals surface area contributed by atoms with Crippen LogP contribution in [0.25, 0.3) is 11.5 Å². The van der Waals surface area contributed by atoms with Gasteiger partial charge in [0, 0.05) is 24.7 Å². The number of morpholine rings is 1. The highest BCUT2D eigenvalue weighted by molar-refractivity contribution is 7.91. The molecule has 3 aromatic rings. The summed E-state index contributed by atoms with van der Waals surface area (Å²) >= 11 is 0.